The number of carbonyl (C=O) groups is 1. The molecule has 3 aromatic rings. The van der Waals surface area contributed by atoms with Gasteiger partial charge in [0.25, 0.3) is 0 Å². The highest BCUT2D eigenvalue weighted by molar-refractivity contribution is 8.04. The molecule has 1 atom stereocenters. The number of anilines is 1. The van der Waals surface area contributed by atoms with Gasteiger partial charge >= 0.3 is 0 Å². The molecule has 1 fully saturated rings. The molecule has 6 nitrogen and oxygen atoms in total. The molecule has 26 heavy (non-hydrogen) atoms. The SMILES string of the molecule is C=C1SCC(=O)N1CCPn1cc(-c2ccccc2)c2c(N)ncnc21. The lowest BCUT2D eigenvalue weighted by Crippen LogP contribution is -2.26. The molecule has 0 aliphatic carbocycles. The number of amides is 1. The van der Waals surface area contributed by atoms with Crippen LogP contribution in [0.4, 0.5) is 5.82 Å². The first-order chi connectivity index (χ1) is 12.6. The molecule has 4 rings (SSSR count). The molecule has 3 heterocycles. The van der Waals surface area contributed by atoms with Crippen LogP contribution in [-0.4, -0.2) is 43.6 Å². The lowest BCUT2D eigenvalue weighted by atomic mass is 10.1. The second-order valence-corrected chi connectivity index (χ2v) is 8.22. The third-order valence-electron chi connectivity index (χ3n) is 4.28. The standard InChI is InChI=1S/C18H18N5OPS/c1-12-22(15(24)10-26-12)7-8-25-23-9-14(13-5-3-2-4-6-13)16-17(19)20-11-21-18(16)23/h2-6,9,11,25H,1,7-8,10H2,(H2,19,20,21). The molecule has 1 saturated heterocycles. The Morgan fingerprint density at radius 3 is 2.81 bits per heavy atom. The van der Waals surface area contributed by atoms with E-state index in [2.05, 4.69) is 39.2 Å². The summed E-state index contributed by atoms with van der Waals surface area (Å²) in [6.45, 7) is 4.61. The second kappa shape index (κ2) is 7.09. The van der Waals surface area contributed by atoms with E-state index in [1.54, 1.807) is 4.90 Å². The number of hydrogen-bond acceptors (Lipinski definition) is 5. The van der Waals surface area contributed by atoms with E-state index < -0.39 is 0 Å². The normalized spacial score (nSPS) is 15.0. The largest absolute Gasteiger partial charge is 0.383 e. The van der Waals surface area contributed by atoms with Crippen molar-refractivity contribution in [2.24, 2.45) is 0 Å². The van der Waals surface area contributed by atoms with E-state index in [0.717, 1.165) is 33.4 Å². The van der Waals surface area contributed by atoms with Gasteiger partial charge in [0.15, 0.2) is 0 Å². The molecule has 1 aliphatic heterocycles. The maximum Gasteiger partial charge on any atom is 0.237 e. The minimum absolute atomic E-state index is 0.138. The van der Waals surface area contributed by atoms with E-state index in [1.165, 1.54) is 18.1 Å². The summed E-state index contributed by atoms with van der Waals surface area (Å²) in [5.41, 5.74) is 9.09. The van der Waals surface area contributed by atoms with Crippen molar-refractivity contribution in [3.63, 3.8) is 0 Å². The van der Waals surface area contributed by atoms with Crippen LogP contribution in [0.1, 0.15) is 0 Å². The number of aromatic nitrogens is 3. The van der Waals surface area contributed by atoms with Crippen LogP contribution in [0, 0.1) is 0 Å². The molecule has 0 spiro atoms. The maximum absolute atomic E-state index is 11.9. The number of thioether (sulfide) groups is 1. The number of benzene rings is 1. The molecule has 0 bridgehead atoms. The second-order valence-electron chi connectivity index (χ2n) is 5.87. The van der Waals surface area contributed by atoms with Crippen LogP contribution >= 0.6 is 20.5 Å². The summed E-state index contributed by atoms with van der Waals surface area (Å²) in [5, 5.41) is 1.72. The zero-order valence-corrected chi connectivity index (χ0v) is 15.9. The molecule has 1 aliphatic rings. The van der Waals surface area contributed by atoms with E-state index in [-0.39, 0.29) is 5.91 Å². The van der Waals surface area contributed by atoms with E-state index in [9.17, 15) is 4.79 Å². The Kier molecular flexibility index (Phi) is 4.66. The number of hydrogen-bond donors (Lipinski definition) is 1. The Morgan fingerprint density at radius 1 is 1.27 bits per heavy atom. The molecule has 1 aromatic carbocycles. The Bertz CT molecular complexity index is 972. The highest BCUT2D eigenvalue weighted by Gasteiger charge is 2.24. The number of nitrogens with two attached hydrogens (primary N) is 1. The Labute approximate surface area is 157 Å². The van der Waals surface area contributed by atoms with E-state index in [4.69, 9.17) is 5.73 Å². The Balaban J connectivity index is 1.62. The van der Waals surface area contributed by atoms with Gasteiger partial charge in [0.1, 0.15) is 17.8 Å². The smallest absolute Gasteiger partial charge is 0.237 e. The van der Waals surface area contributed by atoms with Crippen LogP contribution < -0.4 is 5.73 Å². The van der Waals surface area contributed by atoms with Gasteiger partial charge in [0.05, 0.1) is 16.2 Å². The fourth-order valence-electron chi connectivity index (χ4n) is 3.01. The molecule has 2 aromatic heterocycles. The Hall–Kier alpha value is -2.37. The average molecular weight is 383 g/mol. The average Bonchev–Trinajstić information content (AvgIpc) is 3.18. The van der Waals surface area contributed by atoms with Crippen LogP contribution in [0.3, 0.4) is 0 Å². The summed E-state index contributed by atoms with van der Waals surface area (Å²) in [6.07, 6.45) is 4.42. The topological polar surface area (TPSA) is 77.0 Å². The van der Waals surface area contributed by atoms with Crippen LogP contribution in [0.25, 0.3) is 22.2 Å². The predicted molar refractivity (Wildman–Crippen MR) is 109 cm³/mol. The van der Waals surface area contributed by atoms with Crippen LogP contribution in [0.5, 0.6) is 0 Å². The molecule has 2 N–H and O–H groups in total. The van der Waals surface area contributed by atoms with Gasteiger partial charge in [-0.25, -0.2) is 9.97 Å². The van der Waals surface area contributed by atoms with Crippen LogP contribution in [-0.2, 0) is 4.79 Å². The van der Waals surface area contributed by atoms with Crippen LogP contribution in [0.2, 0.25) is 0 Å². The van der Waals surface area contributed by atoms with Crippen molar-refractivity contribution in [1.82, 2.24) is 19.2 Å². The first kappa shape index (κ1) is 17.1. The minimum Gasteiger partial charge on any atom is -0.383 e. The van der Waals surface area contributed by atoms with Gasteiger partial charge < -0.3 is 15.0 Å². The zero-order chi connectivity index (χ0) is 18.1. The fraction of sp³-hybridized carbons (Fsp3) is 0.167. The highest BCUT2D eigenvalue weighted by Crippen LogP contribution is 2.36. The summed E-state index contributed by atoms with van der Waals surface area (Å²) < 4.78 is 2.12. The summed E-state index contributed by atoms with van der Waals surface area (Å²) in [7, 11) is 0.453. The molecule has 0 saturated carbocycles. The van der Waals surface area contributed by atoms with Gasteiger partial charge in [-0.15, -0.1) is 0 Å². The fourth-order valence-corrected chi connectivity index (χ4v) is 4.91. The van der Waals surface area contributed by atoms with E-state index >= 15 is 0 Å². The number of fused-ring (bicyclic) bond motifs is 1. The third kappa shape index (κ3) is 3.08. The van der Waals surface area contributed by atoms with Gasteiger partial charge in [0.2, 0.25) is 5.91 Å². The van der Waals surface area contributed by atoms with Crippen molar-refractivity contribution < 1.29 is 4.79 Å². The predicted octanol–water partition coefficient (Wildman–Crippen LogP) is 3.17. The molecule has 132 valence electrons. The van der Waals surface area contributed by atoms with Crippen molar-refractivity contribution >= 4 is 43.3 Å². The molecular formula is C18H18N5OPS. The van der Waals surface area contributed by atoms with E-state index in [0.29, 0.717) is 26.8 Å². The highest BCUT2D eigenvalue weighted by atomic mass is 32.2. The number of rotatable bonds is 5. The molecular weight excluding hydrogens is 365 g/mol. The van der Waals surface area contributed by atoms with Crippen molar-refractivity contribution in [3.8, 4) is 11.1 Å². The lowest BCUT2D eigenvalue weighted by Gasteiger charge is -2.16. The number of carbonyl (C=O) groups excluding carboxylic acids is 1. The first-order valence-corrected chi connectivity index (χ1v) is 10.3. The van der Waals surface area contributed by atoms with Gasteiger partial charge in [-0.1, -0.05) is 48.7 Å². The maximum atomic E-state index is 11.9. The van der Waals surface area contributed by atoms with Crippen molar-refractivity contribution in [2.45, 2.75) is 0 Å². The van der Waals surface area contributed by atoms with E-state index in [1.807, 2.05) is 18.2 Å². The lowest BCUT2D eigenvalue weighted by molar-refractivity contribution is -0.125. The van der Waals surface area contributed by atoms with Gasteiger partial charge in [0, 0.05) is 24.5 Å². The molecule has 1 amide bonds. The van der Waals surface area contributed by atoms with Crippen molar-refractivity contribution in [1.29, 1.82) is 0 Å². The summed E-state index contributed by atoms with van der Waals surface area (Å²) in [6, 6.07) is 10.1. The monoisotopic (exact) mass is 383 g/mol. The molecule has 0 radical (unpaired) electrons. The molecule has 1 unspecified atom stereocenters. The Morgan fingerprint density at radius 2 is 2.08 bits per heavy atom. The quantitative estimate of drug-likeness (QED) is 0.685. The van der Waals surface area contributed by atoms with Gasteiger partial charge in [-0.05, 0) is 14.3 Å². The number of nitrogens with zero attached hydrogens (tertiary/aromatic N) is 4. The summed E-state index contributed by atoms with van der Waals surface area (Å²) >= 11 is 1.51. The first-order valence-electron chi connectivity index (χ1n) is 8.18. The van der Waals surface area contributed by atoms with Crippen molar-refractivity contribution in [2.75, 3.05) is 24.2 Å². The summed E-state index contributed by atoms with van der Waals surface area (Å²) in [5.74, 6) is 1.12. The van der Waals surface area contributed by atoms with Crippen LogP contribution in [0.15, 0.2) is 54.5 Å². The van der Waals surface area contributed by atoms with Gasteiger partial charge in [-0.2, -0.15) is 0 Å². The van der Waals surface area contributed by atoms with Gasteiger partial charge in [-0.3, -0.25) is 4.79 Å². The zero-order valence-electron chi connectivity index (χ0n) is 14.1. The minimum atomic E-state index is 0.138. The molecule has 8 heteroatoms. The third-order valence-corrected chi connectivity index (χ3v) is 6.35. The summed E-state index contributed by atoms with van der Waals surface area (Å²) in [4.78, 5) is 22.2. The van der Waals surface area contributed by atoms with Crippen molar-refractivity contribution in [3.05, 3.63) is 54.5 Å². The number of nitrogen functional groups attached to an aromatic ring is 1.